The smallest absolute Gasteiger partial charge is 0.0989 e. The highest BCUT2D eigenvalue weighted by Crippen LogP contribution is 2.42. The SMILES string of the molecule is Cn1nccc1C1(C#N)CCC1. The van der Waals surface area contributed by atoms with E-state index in [4.69, 9.17) is 5.26 Å². The lowest BCUT2D eigenvalue weighted by Crippen LogP contribution is -2.34. The third-order valence-corrected chi connectivity index (χ3v) is 2.73. The van der Waals surface area contributed by atoms with E-state index in [0.29, 0.717) is 0 Å². The molecule has 0 spiro atoms. The standard InChI is InChI=1S/C9H11N3/c1-12-8(3-6-11-12)9(7-10)4-2-5-9/h3,6H,2,4-5H2,1H3. The van der Waals surface area contributed by atoms with Crippen LogP contribution in [-0.2, 0) is 12.5 Å². The molecule has 3 nitrogen and oxygen atoms in total. The Morgan fingerprint density at radius 1 is 1.67 bits per heavy atom. The van der Waals surface area contributed by atoms with Crippen LogP contribution in [0, 0.1) is 11.3 Å². The molecule has 0 bridgehead atoms. The van der Waals surface area contributed by atoms with Crippen LogP contribution in [0.25, 0.3) is 0 Å². The summed E-state index contributed by atoms with van der Waals surface area (Å²) < 4.78 is 1.81. The zero-order valence-corrected chi connectivity index (χ0v) is 7.12. The average molecular weight is 161 g/mol. The first kappa shape index (κ1) is 7.35. The van der Waals surface area contributed by atoms with Gasteiger partial charge < -0.3 is 0 Å². The van der Waals surface area contributed by atoms with Crippen LogP contribution >= 0.6 is 0 Å². The van der Waals surface area contributed by atoms with Crippen molar-refractivity contribution in [3.63, 3.8) is 0 Å². The molecule has 0 unspecified atom stereocenters. The summed E-state index contributed by atoms with van der Waals surface area (Å²) in [6.45, 7) is 0. The van der Waals surface area contributed by atoms with Gasteiger partial charge in [0.2, 0.25) is 0 Å². The third-order valence-electron chi connectivity index (χ3n) is 2.73. The molecule has 0 amide bonds. The molecule has 1 saturated carbocycles. The summed E-state index contributed by atoms with van der Waals surface area (Å²) in [5.74, 6) is 0. The Labute approximate surface area is 71.6 Å². The van der Waals surface area contributed by atoms with E-state index in [1.165, 1.54) is 6.42 Å². The van der Waals surface area contributed by atoms with Crippen LogP contribution in [0.15, 0.2) is 12.3 Å². The van der Waals surface area contributed by atoms with Crippen LogP contribution in [0.3, 0.4) is 0 Å². The molecule has 0 aliphatic heterocycles. The van der Waals surface area contributed by atoms with Gasteiger partial charge in [-0.2, -0.15) is 10.4 Å². The molecule has 62 valence electrons. The molecule has 0 radical (unpaired) electrons. The Morgan fingerprint density at radius 2 is 2.42 bits per heavy atom. The highest BCUT2D eigenvalue weighted by atomic mass is 15.3. The van der Waals surface area contributed by atoms with Crippen molar-refractivity contribution < 1.29 is 0 Å². The summed E-state index contributed by atoms with van der Waals surface area (Å²) in [6, 6.07) is 4.34. The van der Waals surface area contributed by atoms with Gasteiger partial charge in [0.25, 0.3) is 0 Å². The van der Waals surface area contributed by atoms with Gasteiger partial charge in [0, 0.05) is 13.2 Å². The van der Waals surface area contributed by atoms with E-state index in [1.54, 1.807) is 6.20 Å². The van der Waals surface area contributed by atoms with Crippen molar-refractivity contribution in [2.75, 3.05) is 0 Å². The van der Waals surface area contributed by atoms with Gasteiger partial charge in [-0.25, -0.2) is 0 Å². The van der Waals surface area contributed by atoms with E-state index in [-0.39, 0.29) is 5.41 Å². The Balaban J connectivity index is 2.42. The number of aromatic nitrogens is 2. The van der Waals surface area contributed by atoms with Gasteiger partial charge in [-0.1, -0.05) is 0 Å². The fourth-order valence-electron chi connectivity index (χ4n) is 1.80. The van der Waals surface area contributed by atoms with Crippen molar-refractivity contribution in [3.8, 4) is 6.07 Å². The fraction of sp³-hybridized carbons (Fsp3) is 0.556. The minimum absolute atomic E-state index is 0.217. The van der Waals surface area contributed by atoms with Gasteiger partial charge in [-0.05, 0) is 25.3 Å². The lowest BCUT2D eigenvalue weighted by atomic mass is 9.68. The number of nitriles is 1. The van der Waals surface area contributed by atoms with Crippen LogP contribution < -0.4 is 0 Å². The molecule has 3 heteroatoms. The highest BCUT2D eigenvalue weighted by molar-refractivity contribution is 5.29. The summed E-state index contributed by atoms with van der Waals surface area (Å²) >= 11 is 0. The van der Waals surface area contributed by atoms with E-state index in [0.717, 1.165) is 18.5 Å². The Kier molecular flexibility index (Phi) is 1.44. The van der Waals surface area contributed by atoms with Crippen molar-refractivity contribution in [1.82, 2.24) is 9.78 Å². The Morgan fingerprint density at radius 3 is 2.75 bits per heavy atom. The van der Waals surface area contributed by atoms with Gasteiger partial charge >= 0.3 is 0 Å². The van der Waals surface area contributed by atoms with Crippen LogP contribution in [-0.4, -0.2) is 9.78 Å². The first-order chi connectivity index (χ1) is 5.78. The van der Waals surface area contributed by atoms with Gasteiger partial charge in [0.1, 0.15) is 0 Å². The van der Waals surface area contributed by atoms with Gasteiger partial charge in [0.15, 0.2) is 0 Å². The predicted octanol–water partition coefficient (Wildman–Crippen LogP) is 1.37. The topological polar surface area (TPSA) is 41.6 Å². The number of aryl methyl sites for hydroxylation is 1. The molecular formula is C9H11N3. The van der Waals surface area contributed by atoms with Crippen LogP contribution in [0.1, 0.15) is 25.0 Å². The Bertz CT molecular complexity index is 328. The lowest BCUT2D eigenvalue weighted by molar-refractivity contribution is 0.305. The molecule has 0 saturated heterocycles. The van der Waals surface area contributed by atoms with E-state index in [2.05, 4.69) is 11.2 Å². The summed E-state index contributed by atoms with van der Waals surface area (Å²) in [6.07, 6.45) is 4.90. The monoisotopic (exact) mass is 161 g/mol. The van der Waals surface area contributed by atoms with E-state index >= 15 is 0 Å². The molecule has 0 atom stereocenters. The maximum Gasteiger partial charge on any atom is 0.0989 e. The number of nitrogens with zero attached hydrogens (tertiary/aromatic N) is 3. The summed E-state index contributed by atoms with van der Waals surface area (Å²) in [5, 5.41) is 13.1. The molecule has 1 heterocycles. The molecule has 1 aliphatic rings. The van der Waals surface area contributed by atoms with Crippen molar-refractivity contribution in [3.05, 3.63) is 18.0 Å². The summed E-state index contributed by atoms with van der Waals surface area (Å²) in [4.78, 5) is 0. The first-order valence-electron chi connectivity index (χ1n) is 4.18. The second-order valence-corrected chi connectivity index (χ2v) is 3.39. The molecule has 12 heavy (non-hydrogen) atoms. The zero-order chi connectivity index (χ0) is 8.60. The quantitative estimate of drug-likeness (QED) is 0.624. The molecular weight excluding hydrogens is 150 g/mol. The molecule has 0 N–H and O–H groups in total. The molecule has 1 aliphatic carbocycles. The second-order valence-electron chi connectivity index (χ2n) is 3.39. The molecule has 2 rings (SSSR count). The average Bonchev–Trinajstić information content (AvgIpc) is 2.36. The highest BCUT2D eigenvalue weighted by Gasteiger charge is 2.41. The zero-order valence-electron chi connectivity index (χ0n) is 7.12. The predicted molar refractivity (Wildman–Crippen MR) is 44.4 cm³/mol. The maximum atomic E-state index is 9.04. The van der Waals surface area contributed by atoms with Crippen molar-refractivity contribution in [2.24, 2.45) is 7.05 Å². The number of rotatable bonds is 1. The van der Waals surface area contributed by atoms with Gasteiger partial charge in [0.05, 0.1) is 17.2 Å². The molecule has 1 aromatic heterocycles. The van der Waals surface area contributed by atoms with E-state index in [9.17, 15) is 0 Å². The largest absolute Gasteiger partial charge is 0.271 e. The van der Waals surface area contributed by atoms with Gasteiger partial charge in [-0.3, -0.25) is 4.68 Å². The van der Waals surface area contributed by atoms with Gasteiger partial charge in [-0.15, -0.1) is 0 Å². The first-order valence-corrected chi connectivity index (χ1v) is 4.18. The third kappa shape index (κ3) is 0.781. The molecule has 0 aromatic carbocycles. The minimum atomic E-state index is -0.217. The molecule has 1 aromatic rings. The number of hydrogen-bond acceptors (Lipinski definition) is 2. The van der Waals surface area contributed by atoms with E-state index < -0.39 is 0 Å². The fourth-order valence-corrected chi connectivity index (χ4v) is 1.80. The van der Waals surface area contributed by atoms with Crippen LogP contribution in [0.4, 0.5) is 0 Å². The van der Waals surface area contributed by atoms with Crippen LogP contribution in [0.5, 0.6) is 0 Å². The minimum Gasteiger partial charge on any atom is -0.271 e. The van der Waals surface area contributed by atoms with E-state index in [1.807, 2.05) is 17.8 Å². The maximum absolute atomic E-state index is 9.04. The van der Waals surface area contributed by atoms with Crippen molar-refractivity contribution >= 4 is 0 Å². The number of hydrogen-bond donors (Lipinski definition) is 0. The summed E-state index contributed by atoms with van der Waals surface area (Å²) in [5.41, 5.74) is 0.849. The Hall–Kier alpha value is -1.30. The molecule has 1 fully saturated rings. The summed E-state index contributed by atoms with van der Waals surface area (Å²) in [7, 11) is 1.90. The van der Waals surface area contributed by atoms with Crippen molar-refractivity contribution in [1.29, 1.82) is 5.26 Å². The van der Waals surface area contributed by atoms with Crippen LogP contribution in [0.2, 0.25) is 0 Å². The lowest BCUT2D eigenvalue weighted by Gasteiger charge is -2.34. The second kappa shape index (κ2) is 2.34. The normalized spacial score (nSPS) is 19.7. The van der Waals surface area contributed by atoms with Crippen molar-refractivity contribution in [2.45, 2.75) is 24.7 Å².